The van der Waals surface area contributed by atoms with Gasteiger partial charge in [0.05, 0.1) is 12.5 Å². The molecule has 0 radical (unpaired) electrons. The number of carboxylic acid groups (broad SMARTS) is 1. The van der Waals surface area contributed by atoms with Crippen LogP contribution in [0.2, 0.25) is 0 Å². The van der Waals surface area contributed by atoms with E-state index in [1.165, 1.54) is 0 Å². The van der Waals surface area contributed by atoms with E-state index in [-0.39, 0.29) is 12.5 Å². The maximum atomic E-state index is 10.8. The van der Waals surface area contributed by atoms with Crippen molar-refractivity contribution in [3.05, 3.63) is 42.0 Å². The van der Waals surface area contributed by atoms with Gasteiger partial charge in [0.1, 0.15) is 5.75 Å². The molecule has 0 amide bonds. The number of rotatable bonds is 4. The molecule has 0 aliphatic carbocycles. The standard InChI is InChI=1S/C15H16O3/c1-10(2)18-14-8-7-11(9-15(16)17)12-5-3-4-6-13(12)14/h3-8,10H,9H2,1-2H3,(H,16,17). The van der Waals surface area contributed by atoms with E-state index in [1.54, 1.807) is 0 Å². The van der Waals surface area contributed by atoms with Crippen molar-refractivity contribution in [2.24, 2.45) is 0 Å². The third-order valence-electron chi connectivity index (χ3n) is 2.68. The fourth-order valence-corrected chi connectivity index (χ4v) is 2.01. The average Bonchev–Trinajstić information content (AvgIpc) is 2.31. The average molecular weight is 244 g/mol. The highest BCUT2D eigenvalue weighted by Gasteiger charge is 2.10. The smallest absolute Gasteiger partial charge is 0.307 e. The Morgan fingerprint density at radius 3 is 2.44 bits per heavy atom. The van der Waals surface area contributed by atoms with Crippen LogP contribution in [0.15, 0.2) is 36.4 Å². The topological polar surface area (TPSA) is 46.5 Å². The lowest BCUT2D eigenvalue weighted by atomic mass is 10.0. The van der Waals surface area contributed by atoms with Crippen molar-refractivity contribution in [3.63, 3.8) is 0 Å². The molecular weight excluding hydrogens is 228 g/mol. The number of fused-ring (bicyclic) bond motifs is 1. The number of hydrogen-bond donors (Lipinski definition) is 1. The van der Waals surface area contributed by atoms with Crippen LogP contribution in [0.3, 0.4) is 0 Å². The lowest BCUT2D eigenvalue weighted by molar-refractivity contribution is -0.136. The third-order valence-corrected chi connectivity index (χ3v) is 2.68. The maximum Gasteiger partial charge on any atom is 0.307 e. The van der Waals surface area contributed by atoms with Crippen LogP contribution in [0, 0.1) is 0 Å². The van der Waals surface area contributed by atoms with Gasteiger partial charge >= 0.3 is 5.97 Å². The summed E-state index contributed by atoms with van der Waals surface area (Å²) >= 11 is 0. The Hall–Kier alpha value is -2.03. The van der Waals surface area contributed by atoms with E-state index in [9.17, 15) is 4.79 Å². The van der Waals surface area contributed by atoms with Crippen molar-refractivity contribution in [2.75, 3.05) is 0 Å². The highest BCUT2D eigenvalue weighted by Crippen LogP contribution is 2.29. The van der Waals surface area contributed by atoms with Crippen LogP contribution in [0.25, 0.3) is 10.8 Å². The van der Waals surface area contributed by atoms with Gasteiger partial charge in [-0.15, -0.1) is 0 Å². The minimum atomic E-state index is -0.822. The van der Waals surface area contributed by atoms with E-state index < -0.39 is 5.97 Å². The zero-order valence-corrected chi connectivity index (χ0v) is 10.5. The summed E-state index contributed by atoms with van der Waals surface area (Å²) in [4.78, 5) is 10.8. The van der Waals surface area contributed by atoms with Crippen LogP contribution in [0.5, 0.6) is 5.75 Å². The molecule has 0 saturated heterocycles. The van der Waals surface area contributed by atoms with Gasteiger partial charge in [-0.1, -0.05) is 30.3 Å². The fraction of sp³-hybridized carbons (Fsp3) is 0.267. The molecule has 3 heteroatoms. The molecule has 2 aromatic carbocycles. The van der Waals surface area contributed by atoms with E-state index in [0.29, 0.717) is 0 Å². The van der Waals surface area contributed by atoms with Gasteiger partial charge in [0, 0.05) is 5.39 Å². The Morgan fingerprint density at radius 1 is 1.17 bits per heavy atom. The predicted molar refractivity (Wildman–Crippen MR) is 71.1 cm³/mol. The van der Waals surface area contributed by atoms with E-state index in [4.69, 9.17) is 9.84 Å². The molecule has 0 bridgehead atoms. The zero-order chi connectivity index (χ0) is 13.1. The van der Waals surface area contributed by atoms with E-state index in [2.05, 4.69) is 0 Å². The number of aliphatic carboxylic acids is 1. The van der Waals surface area contributed by atoms with Crippen LogP contribution in [-0.4, -0.2) is 17.2 Å². The zero-order valence-electron chi connectivity index (χ0n) is 10.5. The van der Waals surface area contributed by atoms with Gasteiger partial charge in [0.15, 0.2) is 0 Å². The third kappa shape index (κ3) is 2.62. The van der Waals surface area contributed by atoms with Gasteiger partial charge in [-0.25, -0.2) is 0 Å². The molecule has 2 aromatic rings. The van der Waals surface area contributed by atoms with Crippen LogP contribution in [-0.2, 0) is 11.2 Å². The molecule has 1 N–H and O–H groups in total. The van der Waals surface area contributed by atoms with Gasteiger partial charge in [-0.05, 0) is 30.9 Å². The molecule has 18 heavy (non-hydrogen) atoms. The van der Waals surface area contributed by atoms with Crippen LogP contribution in [0.4, 0.5) is 0 Å². The van der Waals surface area contributed by atoms with Crippen molar-refractivity contribution in [2.45, 2.75) is 26.4 Å². The summed E-state index contributed by atoms with van der Waals surface area (Å²) in [6, 6.07) is 11.4. The summed E-state index contributed by atoms with van der Waals surface area (Å²) in [5.41, 5.74) is 0.814. The van der Waals surface area contributed by atoms with Crippen molar-refractivity contribution >= 4 is 16.7 Å². The monoisotopic (exact) mass is 244 g/mol. The number of benzene rings is 2. The van der Waals surface area contributed by atoms with E-state index in [1.807, 2.05) is 50.2 Å². The Bertz CT molecular complexity index is 573. The second-order valence-electron chi connectivity index (χ2n) is 4.51. The highest BCUT2D eigenvalue weighted by molar-refractivity contribution is 5.93. The first-order chi connectivity index (χ1) is 8.58. The molecule has 3 nitrogen and oxygen atoms in total. The second kappa shape index (κ2) is 5.08. The predicted octanol–water partition coefficient (Wildman–Crippen LogP) is 3.25. The van der Waals surface area contributed by atoms with Crippen molar-refractivity contribution in [1.82, 2.24) is 0 Å². The lowest BCUT2D eigenvalue weighted by Crippen LogP contribution is -2.07. The molecular formula is C15H16O3. The molecule has 0 aliphatic heterocycles. The van der Waals surface area contributed by atoms with Gasteiger partial charge in [-0.2, -0.15) is 0 Å². The summed E-state index contributed by atoms with van der Waals surface area (Å²) < 4.78 is 5.74. The SMILES string of the molecule is CC(C)Oc1ccc(CC(=O)O)c2ccccc12. The number of carbonyl (C=O) groups is 1. The van der Waals surface area contributed by atoms with Gasteiger partial charge in [-0.3, -0.25) is 4.79 Å². The number of carboxylic acids is 1. The molecule has 0 unspecified atom stereocenters. The molecule has 0 aromatic heterocycles. The molecule has 0 spiro atoms. The summed E-state index contributed by atoms with van der Waals surface area (Å²) in [5, 5.41) is 10.8. The lowest BCUT2D eigenvalue weighted by Gasteiger charge is -2.14. The van der Waals surface area contributed by atoms with Crippen molar-refractivity contribution < 1.29 is 14.6 Å². The summed E-state index contributed by atoms with van der Waals surface area (Å²) in [6.07, 6.45) is 0.126. The molecule has 0 atom stereocenters. The first-order valence-electron chi connectivity index (χ1n) is 5.97. The normalized spacial score (nSPS) is 10.8. The quantitative estimate of drug-likeness (QED) is 0.898. The minimum absolute atomic E-state index is 0.0302. The Balaban J connectivity index is 2.54. The highest BCUT2D eigenvalue weighted by atomic mass is 16.5. The molecule has 0 fully saturated rings. The van der Waals surface area contributed by atoms with Crippen LogP contribution in [0.1, 0.15) is 19.4 Å². The van der Waals surface area contributed by atoms with Crippen molar-refractivity contribution in [1.29, 1.82) is 0 Å². The first kappa shape index (κ1) is 12.4. The van der Waals surface area contributed by atoms with Gasteiger partial charge in [0.2, 0.25) is 0 Å². The largest absolute Gasteiger partial charge is 0.490 e. The van der Waals surface area contributed by atoms with Crippen LogP contribution < -0.4 is 4.74 Å². The van der Waals surface area contributed by atoms with E-state index in [0.717, 1.165) is 22.1 Å². The maximum absolute atomic E-state index is 10.8. The minimum Gasteiger partial charge on any atom is -0.490 e. The second-order valence-corrected chi connectivity index (χ2v) is 4.51. The van der Waals surface area contributed by atoms with Crippen LogP contribution >= 0.6 is 0 Å². The first-order valence-corrected chi connectivity index (χ1v) is 5.97. The number of hydrogen-bond acceptors (Lipinski definition) is 2. The van der Waals surface area contributed by atoms with Gasteiger partial charge < -0.3 is 9.84 Å². The molecule has 0 heterocycles. The Morgan fingerprint density at radius 2 is 1.83 bits per heavy atom. The Labute approximate surface area is 106 Å². The summed E-state index contributed by atoms with van der Waals surface area (Å²) in [7, 11) is 0. The van der Waals surface area contributed by atoms with Crippen molar-refractivity contribution in [3.8, 4) is 5.75 Å². The molecule has 94 valence electrons. The Kier molecular flexibility index (Phi) is 3.51. The summed E-state index contributed by atoms with van der Waals surface area (Å²) in [6.45, 7) is 3.94. The molecule has 0 aliphatic rings. The van der Waals surface area contributed by atoms with Gasteiger partial charge in [0.25, 0.3) is 0 Å². The molecule has 2 rings (SSSR count). The number of ether oxygens (including phenoxy) is 1. The van der Waals surface area contributed by atoms with E-state index >= 15 is 0 Å². The fourth-order valence-electron chi connectivity index (χ4n) is 2.01. The summed E-state index contributed by atoms with van der Waals surface area (Å²) in [5.74, 6) is -0.0209. The molecule has 0 saturated carbocycles.